The van der Waals surface area contributed by atoms with Gasteiger partial charge in [0, 0.05) is 0 Å². The van der Waals surface area contributed by atoms with Gasteiger partial charge in [0.05, 0.1) is 24.7 Å². The molecule has 2 aromatic heterocycles. The maximum Gasteiger partial charge on any atom is 0.308 e. The summed E-state index contributed by atoms with van der Waals surface area (Å²) in [4.78, 5) is 34.3. The lowest BCUT2D eigenvalue weighted by molar-refractivity contribution is -0.152. The predicted molar refractivity (Wildman–Crippen MR) is 86.3 cm³/mol. The molecule has 3 unspecified atom stereocenters. The first-order valence-electron chi connectivity index (χ1n) is 8.32. The highest BCUT2D eigenvalue weighted by atomic mass is 16.6. The number of H-pyrrole nitrogens is 1. The van der Waals surface area contributed by atoms with E-state index >= 15 is 0 Å². The standard InChI is InChI=1S/C16H22N4O4/c1-3-4-10(2)16(22)23-7-11-5-6-12(24-11)20-9-19-13-14(20)17-8-18-15(13)21/h8-12H,3-7H2,1-2H3,(H,17,18,21). The largest absolute Gasteiger partial charge is 0.463 e. The monoisotopic (exact) mass is 334 g/mol. The number of carbonyl (C=O) groups excluding carboxylic acids is 1. The third-order valence-corrected chi connectivity index (χ3v) is 4.30. The number of esters is 1. The Balaban J connectivity index is 1.60. The van der Waals surface area contributed by atoms with Crippen LogP contribution in [0.1, 0.15) is 45.8 Å². The van der Waals surface area contributed by atoms with Crippen molar-refractivity contribution in [2.45, 2.75) is 51.9 Å². The van der Waals surface area contributed by atoms with E-state index in [1.807, 2.05) is 13.8 Å². The van der Waals surface area contributed by atoms with Crippen LogP contribution < -0.4 is 5.56 Å². The van der Waals surface area contributed by atoms with Crippen molar-refractivity contribution in [2.75, 3.05) is 6.61 Å². The molecule has 0 aromatic carbocycles. The topological polar surface area (TPSA) is 99.1 Å². The number of aromatic amines is 1. The Bertz CT molecular complexity index is 769. The Morgan fingerprint density at radius 1 is 1.50 bits per heavy atom. The summed E-state index contributed by atoms with van der Waals surface area (Å²) < 4.78 is 13.0. The number of rotatable bonds is 6. The molecule has 0 bridgehead atoms. The van der Waals surface area contributed by atoms with Crippen LogP contribution in [0.15, 0.2) is 17.4 Å². The van der Waals surface area contributed by atoms with E-state index in [9.17, 15) is 9.59 Å². The van der Waals surface area contributed by atoms with Gasteiger partial charge in [0.1, 0.15) is 12.8 Å². The zero-order valence-electron chi connectivity index (χ0n) is 13.9. The molecule has 0 amide bonds. The van der Waals surface area contributed by atoms with Crippen LogP contribution in [-0.4, -0.2) is 38.2 Å². The number of hydrogen-bond acceptors (Lipinski definition) is 6. The van der Waals surface area contributed by atoms with E-state index in [1.165, 1.54) is 6.33 Å². The Morgan fingerprint density at radius 3 is 3.12 bits per heavy atom. The zero-order chi connectivity index (χ0) is 17.1. The quantitative estimate of drug-likeness (QED) is 0.808. The van der Waals surface area contributed by atoms with E-state index in [4.69, 9.17) is 9.47 Å². The summed E-state index contributed by atoms with van der Waals surface area (Å²) in [5, 5.41) is 0. The van der Waals surface area contributed by atoms with E-state index < -0.39 is 0 Å². The maximum atomic E-state index is 11.9. The average Bonchev–Trinajstić information content (AvgIpc) is 3.19. The van der Waals surface area contributed by atoms with Gasteiger partial charge in [0.2, 0.25) is 0 Å². The minimum atomic E-state index is -0.271. The SMILES string of the molecule is CCCC(C)C(=O)OCC1CCC(n2cnc3c(=O)[nH]cnc32)O1. The molecular formula is C16H22N4O4. The molecule has 0 aliphatic carbocycles. The summed E-state index contributed by atoms with van der Waals surface area (Å²) in [7, 11) is 0. The van der Waals surface area contributed by atoms with E-state index in [1.54, 1.807) is 10.9 Å². The summed E-state index contributed by atoms with van der Waals surface area (Å²) in [5.41, 5.74) is 0.523. The molecule has 0 saturated carbocycles. The third-order valence-electron chi connectivity index (χ3n) is 4.30. The molecule has 1 aliphatic heterocycles. The molecule has 8 nitrogen and oxygen atoms in total. The van der Waals surface area contributed by atoms with Crippen molar-refractivity contribution < 1.29 is 14.3 Å². The van der Waals surface area contributed by atoms with Crippen LogP contribution in [0.4, 0.5) is 0 Å². The highest BCUT2D eigenvalue weighted by molar-refractivity contribution is 5.72. The van der Waals surface area contributed by atoms with Gasteiger partial charge < -0.3 is 14.5 Å². The summed E-state index contributed by atoms with van der Waals surface area (Å²) in [5.74, 6) is -0.258. The average molecular weight is 334 g/mol. The number of carbonyl (C=O) groups is 1. The van der Waals surface area contributed by atoms with Gasteiger partial charge in [-0.1, -0.05) is 20.3 Å². The van der Waals surface area contributed by atoms with E-state index in [2.05, 4.69) is 15.0 Å². The first kappa shape index (κ1) is 16.6. The fourth-order valence-corrected chi connectivity index (χ4v) is 2.96. The fraction of sp³-hybridized carbons (Fsp3) is 0.625. The highest BCUT2D eigenvalue weighted by Crippen LogP contribution is 2.30. The molecule has 3 rings (SSSR count). The van der Waals surface area contributed by atoms with Crippen LogP contribution in [0, 0.1) is 5.92 Å². The van der Waals surface area contributed by atoms with Crippen LogP contribution in [-0.2, 0) is 14.3 Å². The number of fused-ring (bicyclic) bond motifs is 1. The Hall–Kier alpha value is -2.22. The van der Waals surface area contributed by atoms with E-state index in [0.29, 0.717) is 11.2 Å². The van der Waals surface area contributed by atoms with Crippen LogP contribution in [0.25, 0.3) is 11.2 Å². The second-order valence-corrected chi connectivity index (χ2v) is 6.17. The summed E-state index contributed by atoms with van der Waals surface area (Å²) >= 11 is 0. The van der Waals surface area contributed by atoms with Crippen molar-refractivity contribution in [3.8, 4) is 0 Å². The van der Waals surface area contributed by atoms with E-state index in [-0.39, 0.29) is 36.4 Å². The maximum absolute atomic E-state index is 11.9. The molecule has 24 heavy (non-hydrogen) atoms. The molecule has 1 saturated heterocycles. The zero-order valence-corrected chi connectivity index (χ0v) is 13.9. The van der Waals surface area contributed by atoms with Gasteiger partial charge in [0.25, 0.3) is 5.56 Å². The first-order chi connectivity index (χ1) is 11.6. The normalized spacial score (nSPS) is 21.9. The van der Waals surface area contributed by atoms with Gasteiger partial charge in [-0.05, 0) is 19.3 Å². The molecule has 3 heterocycles. The first-order valence-corrected chi connectivity index (χ1v) is 8.32. The molecule has 3 atom stereocenters. The molecule has 1 N–H and O–H groups in total. The number of aromatic nitrogens is 4. The van der Waals surface area contributed by atoms with Crippen LogP contribution in [0.5, 0.6) is 0 Å². The molecule has 1 aliphatic rings. The Kier molecular flexibility index (Phi) is 4.94. The second kappa shape index (κ2) is 7.12. The molecule has 130 valence electrons. The van der Waals surface area contributed by atoms with Gasteiger partial charge in [0.15, 0.2) is 11.2 Å². The lowest BCUT2D eigenvalue weighted by atomic mass is 10.1. The van der Waals surface area contributed by atoms with Crippen molar-refractivity contribution in [2.24, 2.45) is 5.92 Å². The van der Waals surface area contributed by atoms with Crippen molar-refractivity contribution >= 4 is 17.1 Å². The Labute approximate surface area is 139 Å². The minimum absolute atomic E-state index is 0.0827. The molecule has 0 spiro atoms. The van der Waals surface area contributed by atoms with Gasteiger partial charge >= 0.3 is 5.97 Å². The molecular weight excluding hydrogens is 312 g/mol. The number of nitrogens with one attached hydrogen (secondary N) is 1. The lowest BCUT2D eigenvalue weighted by Crippen LogP contribution is -2.22. The van der Waals surface area contributed by atoms with Crippen molar-refractivity contribution in [1.29, 1.82) is 0 Å². The van der Waals surface area contributed by atoms with Crippen molar-refractivity contribution in [3.05, 3.63) is 23.0 Å². The van der Waals surface area contributed by atoms with Gasteiger partial charge in [-0.25, -0.2) is 9.97 Å². The minimum Gasteiger partial charge on any atom is -0.463 e. The predicted octanol–water partition coefficient (Wildman–Crippen LogP) is 1.78. The molecule has 1 fully saturated rings. The van der Waals surface area contributed by atoms with Gasteiger partial charge in [-0.2, -0.15) is 0 Å². The third kappa shape index (κ3) is 3.33. The van der Waals surface area contributed by atoms with Crippen LogP contribution >= 0.6 is 0 Å². The number of nitrogens with zero attached hydrogens (tertiary/aromatic N) is 3. The Morgan fingerprint density at radius 2 is 2.33 bits per heavy atom. The summed E-state index contributed by atoms with van der Waals surface area (Å²) in [6.45, 7) is 4.18. The highest BCUT2D eigenvalue weighted by Gasteiger charge is 2.29. The molecule has 8 heteroatoms. The van der Waals surface area contributed by atoms with Crippen LogP contribution in [0.3, 0.4) is 0 Å². The van der Waals surface area contributed by atoms with Crippen molar-refractivity contribution in [1.82, 2.24) is 19.5 Å². The summed E-state index contributed by atoms with van der Waals surface area (Å²) in [6, 6.07) is 0. The summed E-state index contributed by atoms with van der Waals surface area (Å²) in [6.07, 6.45) is 5.84. The van der Waals surface area contributed by atoms with Crippen molar-refractivity contribution in [3.63, 3.8) is 0 Å². The molecule has 0 radical (unpaired) electrons. The lowest BCUT2D eigenvalue weighted by Gasteiger charge is -2.16. The van der Waals surface area contributed by atoms with Crippen LogP contribution in [0.2, 0.25) is 0 Å². The van der Waals surface area contributed by atoms with Gasteiger partial charge in [-0.3, -0.25) is 14.2 Å². The number of hydrogen-bond donors (Lipinski definition) is 1. The number of ether oxygens (including phenoxy) is 2. The smallest absolute Gasteiger partial charge is 0.308 e. The second-order valence-electron chi connectivity index (χ2n) is 6.17. The number of imidazole rings is 1. The fourth-order valence-electron chi connectivity index (χ4n) is 2.96. The molecule has 2 aromatic rings. The van der Waals surface area contributed by atoms with Gasteiger partial charge in [-0.15, -0.1) is 0 Å². The van der Waals surface area contributed by atoms with E-state index in [0.717, 1.165) is 25.7 Å².